The predicted octanol–water partition coefficient (Wildman–Crippen LogP) is 2.93. The molecule has 0 amide bonds. The van der Waals surface area contributed by atoms with Crippen molar-refractivity contribution in [2.45, 2.75) is 40.8 Å². The van der Waals surface area contributed by atoms with E-state index >= 15 is 0 Å². The van der Waals surface area contributed by atoms with Crippen molar-refractivity contribution in [1.82, 2.24) is 5.32 Å². The number of nitrogens with one attached hydrogen (secondary N) is 1. The third-order valence-electron chi connectivity index (χ3n) is 2.45. The fraction of sp³-hybridized carbons (Fsp3) is 0.500. The van der Waals surface area contributed by atoms with E-state index < -0.39 is 0 Å². The van der Waals surface area contributed by atoms with Crippen molar-refractivity contribution in [2.75, 3.05) is 0 Å². The van der Waals surface area contributed by atoms with E-state index in [0.29, 0.717) is 0 Å². The second kappa shape index (κ2) is 4.43. The van der Waals surface area contributed by atoms with Gasteiger partial charge < -0.3 is 5.32 Å². The second-order valence-electron chi connectivity index (χ2n) is 3.31. The van der Waals surface area contributed by atoms with Crippen LogP contribution in [0.15, 0.2) is 12.1 Å². The Kier molecular flexibility index (Phi) is 3.49. The molecule has 72 valence electrons. The van der Waals surface area contributed by atoms with E-state index in [9.17, 15) is 0 Å². The van der Waals surface area contributed by atoms with Gasteiger partial charge in [0.05, 0.1) is 0 Å². The average molecular weight is 177 g/mol. The standard InChI is InChI=1S/C10H13N.C2H6/c1-7-3-9-5-11-6-10(9)4-8(7)2;1-2/h3-4,11H,5-6H2,1-2H3;1-2H3. The highest BCUT2D eigenvalue weighted by molar-refractivity contribution is 5.38. The van der Waals surface area contributed by atoms with Crippen molar-refractivity contribution in [3.05, 3.63) is 34.4 Å². The van der Waals surface area contributed by atoms with E-state index in [1.165, 1.54) is 22.3 Å². The zero-order valence-electron chi connectivity index (χ0n) is 9.07. The molecule has 0 radical (unpaired) electrons. The molecule has 1 aliphatic rings. The minimum absolute atomic E-state index is 1.05. The fourth-order valence-corrected chi connectivity index (χ4v) is 1.60. The van der Waals surface area contributed by atoms with E-state index in [1.54, 1.807) is 0 Å². The highest BCUT2D eigenvalue weighted by Crippen LogP contribution is 2.19. The van der Waals surface area contributed by atoms with E-state index in [4.69, 9.17) is 0 Å². The molecule has 1 heteroatoms. The molecule has 1 heterocycles. The summed E-state index contributed by atoms with van der Waals surface area (Å²) in [6, 6.07) is 4.59. The minimum Gasteiger partial charge on any atom is -0.309 e. The third-order valence-corrected chi connectivity index (χ3v) is 2.45. The van der Waals surface area contributed by atoms with Crippen LogP contribution in [0.3, 0.4) is 0 Å². The first kappa shape index (κ1) is 10.3. The average Bonchev–Trinajstić information content (AvgIpc) is 2.56. The Balaban J connectivity index is 0.000000396. The first-order chi connectivity index (χ1) is 6.27. The Morgan fingerprint density at radius 3 is 1.69 bits per heavy atom. The van der Waals surface area contributed by atoms with Crippen molar-refractivity contribution >= 4 is 0 Å². The van der Waals surface area contributed by atoms with Crippen molar-refractivity contribution < 1.29 is 0 Å². The van der Waals surface area contributed by atoms with Crippen LogP contribution in [0.2, 0.25) is 0 Å². The third kappa shape index (κ3) is 2.10. The molecule has 1 aliphatic heterocycles. The lowest BCUT2D eigenvalue weighted by atomic mass is 10.0. The van der Waals surface area contributed by atoms with Gasteiger partial charge in [-0.25, -0.2) is 0 Å². The summed E-state index contributed by atoms with van der Waals surface area (Å²) in [5.74, 6) is 0. The summed E-state index contributed by atoms with van der Waals surface area (Å²) in [4.78, 5) is 0. The highest BCUT2D eigenvalue weighted by atomic mass is 14.9. The molecule has 0 unspecified atom stereocenters. The maximum absolute atomic E-state index is 3.34. The Morgan fingerprint density at radius 1 is 0.923 bits per heavy atom. The monoisotopic (exact) mass is 177 g/mol. The van der Waals surface area contributed by atoms with Crippen molar-refractivity contribution in [3.63, 3.8) is 0 Å². The normalized spacial score (nSPS) is 13.2. The second-order valence-corrected chi connectivity index (χ2v) is 3.31. The predicted molar refractivity (Wildman–Crippen MR) is 57.8 cm³/mol. The number of hydrogen-bond donors (Lipinski definition) is 1. The SMILES string of the molecule is CC.Cc1cc2c(cc1C)CNC2. The van der Waals surface area contributed by atoms with Crippen LogP contribution in [0, 0.1) is 13.8 Å². The number of hydrogen-bond acceptors (Lipinski definition) is 1. The zero-order valence-corrected chi connectivity index (χ0v) is 9.07. The summed E-state index contributed by atoms with van der Waals surface area (Å²) in [5.41, 5.74) is 5.78. The molecule has 1 nitrogen and oxygen atoms in total. The maximum atomic E-state index is 3.34. The molecule has 0 spiro atoms. The summed E-state index contributed by atoms with van der Waals surface area (Å²) < 4.78 is 0. The molecular weight excluding hydrogens is 158 g/mol. The molecule has 0 fully saturated rings. The number of aryl methyl sites for hydroxylation is 2. The summed E-state index contributed by atoms with van der Waals surface area (Å²) in [6.07, 6.45) is 0. The summed E-state index contributed by atoms with van der Waals surface area (Å²) in [6.45, 7) is 10.5. The largest absolute Gasteiger partial charge is 0.309 e. The Bertz CT molecular complexity index is 260. The first-order valence-corrected chi connectivity index (χ1v) is 5.07. The van der Waals surface area contributed by atoms with Crippen LogP contribution in [0.25, 0.3) is 0 Å². The summed E-state index contributed by atoms with van der Waals surface area (Å²) in [5, 5.41) is 3.34. The zero-order chi connectivity index (χ0) is 9.84. The van der Waals surface area contributed by atoms with Gasteiger partial charge in [0.1, 0.15) is 0 Å². The molecule has 0 aromatic heterocycles. The topological polar surface area (TPSA) is 12.0 Å². The van der Waals surface area contributed by atoms with Gasteiger partial charge in [-0.3, -0.25) is 0 Å². The number of benzene rings is 1. The van der Waals surface area contributed by atoms with Crippen molar-refractivity contribution in [3.8, 4) is 0 Å². The van der Waals surface area contributed by atoms with Gasteiger partial charge >= 0.3 is 0 Å². The van der Waals surface area contributed by atoms with Gasteiger partial charge in [0.15, 0.2) is 0 Å². The van der Waals surface area contributed by atoms with Gasteiger partial charge in [-0.05, 0) is 36.1 Å². The Labute approximate surface area is 81.2 Å². The van der Waals surface area contributed by atoms with Gasteiger partial charge in [-0.2, -0.15) is 0 Å². The van der Waals surface area contributed by atoms with E-state index in [0.717, 1.165) is 13.1 Å². The molecule has 0 saturated carbocycles. The quantitative estimate of drug-likeness (QED) is 0.642. The lowest BCUT2D eigenvalue weighted by Gasteiger charge is -2.03. The summed E-state index contributed by atoms with van der Waals surface area (Å²) in [7, 11) is 0. The van der Waals surface area contributed by atoms with Crippen molar-refractivity contribution in [1.29, 1.82) is 0 Å². The molecule has 2 rings (SSSR count). The molecule has 1 aromatic rings. The molecule has 1 aromatic carbocycles. The summed E-state index contributed by atoms with van der Waals surface area (Å²) >= 11 is 0. The molecule has 13 heavy (non-hydrogen) atoms. The van der Waals surface area contributed by atoms with Gasteiger partial charge in [0, 0.05) is 13.1 Å². The van der Waals surface area contributed by atoms with E-state index in [1.807, 2.05) is 13.8 Å². The molecule has 0 saturated heterocycles. The van der Waals surface area contributed by atoms with Crippen LogP contribution < -0.4 is 5.32 Å². The molecule has 0 bridgehead atoms. The van der Waals surface area contributed by atoms with E-state index in [-0.39, 0.29) is 0 Å². The van der Waals surface area contributed by atoms with Crippen LogP contribution in [-0.4, -0.2) is 0 Å². The molecule has 0 aliphatic carbocycles. The van der Waals surface area contributed by atoms with Crippen LogP contribution in [-0.2, 0) is 13.1 Å². The maximum Gasteiger partial charge on any atom is 0.0212 e. The molecule has 0 atom stereocenters. The lowest BCUT2D eigenvalue weighted by molar-refractivity contribution is 0.764. The van der Waals surface area contributed by atoms with Crippen LogP contribution >= 0.6 is 0 Å². The molecular formula is C12H19N. The minimum atomic E-state index is 1.05. The Hall–Kier alpha value is -0.820. The van der Waals surface area contributed by atoms with Crippen LogP contribution in [0.4, 0.5) is 0 Å². The smallest absolute Gasteiger partial charge is 0.0212 e. The van der Waals surface area contributed by atoms with Gasteiger partial charge in [-0.1, -0.05) is 26.0 Å². The molecule has 1 N–H and O–H groups in total. The fourth-order valence-electron chi connectivity index (χ4n) is 1.60. The number of fused-ring (bicyclic) bond motifs is 1. The van der Waals surface area contributed by atoms with Crippen LogP contribution in [0.1, 0.15) is 36.1 Å². The Morgan fingerprint density at radius 2 is 1.31 bits per heavy atom. The highest BCUT2D eigenvalue weighted by Gasteiger charge is 2.10. The van der Waals surface area contributed by atoms with Gasteiger partial charge in [0.25, 0.3) is 0 Å². The van der Waals surface area contributed by atoms with Gasteiger partial charge in [-0.15, -0.1) is 0 Å². The first-order valence-electron chi connectivity index (χ1n) is 5.07. The van der Waals surface area contributed by atoms with Gasteiger partial charge in [0.2, 0.25) is 0 Å². The lowest BCUT2D eigenvalue weighted by Crippen LogP contribution is -1.99. The van der Waals surface area contributed by atoms with E-state index in [2.05, 4.69) is 31.3 Å². The number of rotatable bonds is 0. The van der Waals surface area contributed by atoms with Crippen LogP contribution in [0.5, 0.6) is 0 Å². The van der Waals surface area contributed by atoms with Crippen molar-refractivity contribution in [2.24, 2.45) is 0 Å².